The van der Waals surface area contributed by atoms with Crippen LogP contribution in [0.5, 0.6) is 0 Å². The molecule has 0 fully saturated rings. The van der Waals surface area contributed by atoms with Crippen molar-refractivity contribution in [2.45, 2.75) is 25.6 Å². The normalized spacial score (nSPS) is 10.8. The summed E-state index contributed by atoms with van der Waals surface area (Å²) in [5.41, 5.74) is 4.55. The van der Waals surface area contributed by atoms with Gasteiger partial charge in [-0.2, -0.15) is 5.10 Å². The van der Waals surface area contributed by atoms with Gasteiger partial charge in [0.25, 0.3) is 0 Å². The van der Waals surface area contributed by atoms with E-state index < -0.39 is 0 Å². The van der Waals surface area contributed by atoms with E-state index in [-0.39, 0.29) is 0 Å². The first-order chi connectivity index (χ1) is 8.17. The van der Waals surface area contributed by atoms with Crippen LogP contribution in [0.4, 0.5) is 0 Å². The van der Waals surface area contributed by atoms with Gasteiger partial charge in [0.2, 0.25) is 0 Å². The Labute approximate surface area is 115 Å². The molecule has 0 radical (unpaired) electrons. The van der Waals surface area contributed by atoms with Gasteiger partial charge in [0.05, 0.1) is 11.9 Å². The zero-order chi connectivity index (χ0) is 12.4. The van der Waals surface area contributed by atoms with Crippen molar-refractivity contribution in [2.75, 3.05) is 0 Å². The minimum atomic E-state index is 0.778. The molecule has 2 rings (SSSR count). The van der Waals surface area contributed by atoms with Gasteiger partial charge in [-0.3, -0.25) is 0 Å². The molecule has 0 unspecified atom stereocenters. The first-order valence-corrected chi connectivity index (χ1v) is 7.05. The van der Waals surface area contributed by atoms with E-state index in [2.05, 4.69) is 28.0 Å². The number of aromatic nitrogens is 2. The smallest absolute Gasteiger partial charge is 0.0663 e. The molecule has 0 bridgehead atoms. The van der Waals surface area contributed by atoms with Crippen molar-refractivity contribution in [1.29, 1.82) is 0 Å². The summed E-state index contributed by atoms with van der Waals surface area (Å²) in [4.78, 5) is 0. The third-order valence-electron chi connectivity index (χ3n) is 2.83. The number of alkyl halides is 1. The molecule has 0 saturated carbocycles. The highest BCUT2D eigenvalue weighted by atomic mass is 79.9. The van der Waals surface area contributed by atoms with Crippen LogP contribution in [0, 0.1) is 6.92 Å². The standard InChI is InChI=1S/C13H14BrClN2/c1-3-13-10(7-14)8-16-17(13)11-5-4-9(2)12(15)6-11/h4-6,8H,3,7H2,1-2H3. The van der Waals surface area contributed by atoms with E-state index in [1.54, 1.807) is 0 Å². The Morgan fingerprint density at radius 1 is 1.41 bits per heavy atom. The van der Waals surface area contributed by atoms with Crippen molar-refractivity contribution >= 4 is 27.5 Å². The summed E-state index contributed by atoms with van der Waals surface area (Å²) in [6, 6.07) is 6.03. The fourth-order valence-electron chi connectivity index (χ4n) is 1.83. The van der Waals surface area contributed by atoms with Crippen molar-refractivity contribution in [3.05, 3.63) is 46.2 Å². The Kier molecular flexibility index (Phi) is 3.89. The van der Waals surface area contributed by atoms with E-state index >= 15 is 0 Å². The van der Waals surface area contributed by atoms with Gasteiger partial charge in [0, 0.05) is 21.6 Å². The minimum absolute atomic E-state index is 0.778. The first-order valence-electron chi connectivity index (χ1n) is 5.55. The van der Waals surface area contributed by atoms with Crippen LogP contribution >= 0.6 is 27.5 Å². The van der Waals surface area contributed by atoms with Gasteiger partial charge in [0.1, 0.15) is 0 Å². The van der Waals surface area contributed by atoms with Gasteiger partial charge >= 0.3 is 0 Å². The van der Waals surface area contributed by atoms with E-state index in [4.69, 9.17) is 11.6 Å². The second-order valence-corrected chi connectivity index (χ2v) is 4.92. The molecule has 0 atom stereocenters. The fraction of sp³-hybridized carbons (Fsp3) is 0.308. The Hall–Kier alpha value is -0.800. The van der Waals surface area contributed by atoms with Crippen LogP contribution in [-0.2, 0) is 11.8 Å². The Bertz CT molecular complexity index is 534. The van der Waals surface area contributed by atoms with Crippen LogP contribution in [-0.4, -0.2) is 9.78 Å². The molecule has 0 amide bonds. The van der Waals surface area contributed by atoms with Crippen molar-refractivity contribution in [1.82, 2.24) is 9.78 Å². The van der Waals surface area contributed by atoms with Crippen molar-refractivity contribution < 1.29 is 0 Å². The Morgan fingerprint density at radius 3 is 2.76 bits per heavy atom. The maximum Gasteiger partial charge on any atom is 0.0663 e. The van der Waals surface area contributed by atoms with Gasteiger partial charge in [-0.15, -0.1) is 0 Å². The average molecular weight is 314 g/mol. The molecule has 0 spiro atoms. The molecule has 0 N–H and O–H groups in total. The number of halogens is 2. The first kappa shape index (κ1) is 12.7. The molecule has 1 aromatic heterocycles. The summed E-state index contributed by atoms with van der Waals surface area (Å²) in [5.74, 6) is 0. The molecule has 0 aliphatic rings. The second kappa shape index (κ2) is 5.23. The molecule has 2 nitrogen and oxygen atoms in total. The van der Waals surface area contributed by atoms with Crippen LogP contribution in [0.1, 0.15) is 23.7 Å². The molecular weight excluding hydrogens is 300 g/mol. The fourth-order valence-corrected chi connectivity index (χ4v) is 2.48. The maximum atomic E-state index is 6.15. The van der Waals surface area contributed by atoms with Gasteiger partial charge in [-0.25, -0.2) is 4.68 Å². The highest BCUT2D eigenvalue weighted by Crippen LogP contribution is 2.22. The zero-order valence-corrected chi connectivity index (χ0v) is 12.2. The molecule has 90 valence electrons. The molecule has 1 heterocycles. The van der Waals surface area contributed by atoms with Crippen molar-refractivity contribution in [3.8, 4) is 5.69 Å². The number of hydrogen-bond donors (Lipinski definition) is 0. The van der Waals surface area contributed by atoms with Crippen LogP contribution in [0.3, 0.4) is 0 Å². The van der Waals surface area contributed by atoms with E-state index in [0.717, 1.165) is 28.0 Å². The second-order valence-electron chi connectivity index (χ2n) is 3.95. The van der Waals surface area contributed by atoms with Crippen LogP contribution in [0.15, 0.2) is 24.4 Å². The van der Waals surface area contributed by atoms with Gasteiger partial charge in [-0.1, -0.05) is 40.5 Å². The van der Waals surface area contributed by atoms with Gasteiger partial charge in [0.15, 0.2) is 0 Å². The lowest BCUT2D eigenvalue weighted by molar-refractivity contribution is 0.811. The minimum Gasteiger partial charge on any atom is -0.237 e. The molecular formula is C13H14BrClN2. The highest BCUT2D eigenvalue weighted by Gasteiger charge is 2.10. The molecule has 0 aliphatic heterocycles. The lowest BCUT2D eigenvalue weighted by atomic mass is 10.2. The summed E-state index contributed by atoms with van der Waals surface area (Å²) >= 11 is 9.63. The highest BCUT2D eigenvalue weighted by molar-refractivity contribution is 9.08. The number of benzene rings is 1. The third kappa shape index (κ3) is 2.40. The summed E-state index contributed by atoms with van der Waals surface area (Å²) in [7, 11) is 0. The number of aryl methyl sites for hydroxylation is 1. The largest absolute Gasteiger partial charge is 0.237 e. The van der Waals surface area contributed by atoms with Crippen molar-refractivity contribution in [3.63, 3.8) is 0 Å². The SMILES string of the molecule is CCc1c(CBr)cnn1-c1ccc(C)c(Cl)c1. The Morgan fingerprint density at radius 2 is 2.18 bits per heavy atom. The van der Waals surface area contributed by atoms with Gasteiger partial charge in [-0.05, 0) is 31.0 Å². The van der Waals surface area contributed by atoms with Crippen LogP contribution in [0.2, 0.25) is 5.02 Å². The topological polar surface area (TPSA) is 17.8 Å². The van der Waals surface area contributed by atoms with Crippen LogP contribution < -0.4 is 0 Å². The summed E-state index contributed by atoms with van der Waals surface area (Å²) < 4.78 is 1.96. The Balaban J connectivity index is 2.52. The predicted octanol–water partition coefficient (Wildman–Crippen LogP) is 4.29. The van der Waals surface area contributed by atoms with Gasteiger partial charge < -0.3 is 0 Å². The monoisotopic (exact) mass is 312 g/mol. The molecule has 0 aliphatic carbocycles. The third-order valence-corrected chi connectivity index (χ3v) is 3.85. The summed E-state index contributed by atoms with van der Waals surface area (Å²) in [6.07, 6.45) is 2.85. The molecule has 1 aromatic carbocycles. The lowest BCUT2D eigenvalue weighted by Gasteiger charge is -2.08. The van der Waals surface area contributed by atoms with Crippen molar-refractivity contribution in [2.24, 2.45) is 0 Å². The quantitative estimate of drug-likeness (QED) is 0.773. The molecule has 2 aromatic rings. The summed E-state index contributed by atoms with van der Waals surface area (Å²) in [5, 5.41) is 6.03. The predicted molar refractivity (Wildman–Crippen MR) is 75.3 cm³/mol. The van der Waals surface area contributed by atoms with Crippen LogP contribution in [0.25, 0.3) is 5.69 Å². The number of nitrogens with zero attached hydrogens (tertiary/aromatic N) is 2. The number of hydrogen-bond acceptors (Lipinski definition) is 1. The summed E-state index contributed by atoms with van der Waals surface area (Å²) in [6.45, 7) is 4.13. The van der Waals surface area contributed by atoms with E-state index in [1.807, 2.05) is 36.0 Å². The van der Waals surface area contributed by atoms with E-state index in [0.29, 0.717) is 0 Å². The number of rotatable bonds is 3. The maximum absolute atomic E-state index is 6.15. The molecule has 4 heteroatoms. The van der Waals surface area contributed by atoms with E-state index in [1.165, 1.54) is 11.3 Å². The molecule has 17 heavy (non-hydrogen) atoms. The molecule has 0 saturated heterocycles. The average Bonchev–Trinajstić information content (AvgIpc) is 2.75. The van der Waals surface area contributed by atoms with E-state index in [9.17, 15) is 0 Å². The lowest BCUT2D eigenvalue weighted by Crippen LogP contribution is -2.02. The zero-order valence-electron chi connectivity index (χ0n) is 9.87.